The minimum Gasteiger partial charge on any atom is -0.396 e. The largest absolute Gasteiger partial charge is 0.396 e. The van der Waals surface area contributed by atoms with E-state index >= 15 is 0 Å². The maximum atomic E-state index is 8.76. The third-order valence-electron chi connectivity index (χ3n) is 3.07. The normalized spacial score (nSPS) is 31.2. The van der Waals surface area contributed by atoms with Crippen LogP contribution in [-0.2, 0) is 4.74 Å². The summed E-state index contributed by atoms with van der Waals surface area (Å²) in [6.45, 7) is 7.13. The Morgan fingerprint density at radius 2 is 2.14 bits per heavy atom. The molecular weight excluding hydrogens is 192 g/mol. The molecule has 0 aromatic carbocycles. The second-order valence-corrected chi connectivity index (χ2v) is 10.3. The average Bonchev–Trinajstić information content (AvgIpc) is 2.76. The van der Waals surface area contributed by atoms with E-state index in [9.17, 15) is 0 Å². The third-order valence-corrected chi connectivity index (χ3v) is 6.23. The lowest BCUT2D eigenvalue weighted by Gasteiger charge is -2.24. The van der Waals surface area contributed by atoms with E-state index in [1.54, 1.807) is 0 Å². The van der Waals surface area contributed by atoms with Gasteiger partial charge in [-0.3, -0.25) is 0 Å². The number of aliphatic hydroxyl groups excluding tert-OH is 1. The quantitative estimate of drug-likeness (QED) is 0.428. The summed E-state index contributed by atoms with van der Waals surface area (Å²) < 4.78 is 5.82. The molecule has 0 aromatic heterocycles. The van der Waals surface area contributed by atoms with Crippen molar-refractivity contribution >= 4 is 8.07 Å². The molecule has 0 radical (unpaired) electrons. The van der Waals surface area contributed by atoms with Crippen LogP contribution < -0.4 is 0 Å². The number of hydrogen-bond acceptors (Lipinski definition) is 2. The van der Waals surface area contributed by atoms with Gasteiger partial charge in [-0.2, -0.15) is 0 Å². The van der Waals surface area contributed by atoms with Gasteiger partial charge in [0.25, 0.3) is 0 Å². The van der Waals surface area contributed by atoms with E-state index in [-0.39, 0.29) is 11.8 Å². The Morgan fingerprint density at radius 1 is 1.50 bits per heavy atom. The van der Waals surface area contributed by atoms with Gasteiger partial charge in [-0.05, 0) is 12.8 Å². The molecule has 1 rings (SSSR count). The Bertz CT molecular complexity index is 239. The minimum absolute atomic E-state index is 0.00306. The molecule has 1 heterocycles. The second-order valence-electron chi connectivity index (χ2n) is 4.99. The van der Waals surface area contributed by atoms with Gasteiger partial charge in [-0.1, -0.05) is 19.6 Å². The first-order chi connectivity index (χ1) is 6.48. The van der Waals surface area contributed by atoms with E-state index in [4.69, 9.17) is 16.3 Å². The van der Waals surface area contributed by atoms with Crippen molar-refractivity contribution in [2.75, 3.05) is 6.61 Å². The Hall–Kier alpha value is -0.303. The molecule has 1 saturated heterocycles. The van der Waals surface area contributed by atoms with Crippen LogP contribution >= 0.6 is 0 Å². The fourth-order valence-corrected chi connectivity index (χ4v) is 4.26. The van der Waals surface area contributed by atoms with Crippen molar-refractivity contribution < 1.29 is 9.84 Å². The molecule has 0 amide bonds. The zero-order chi connectivity index (χ0) is 10.8. The zero-order valence-electron chi connectivity index (χ0n) is 9.34. The summed E-state index contributed by atoms with van der Waals surface area (Å²) in [5.41, 5.74) is 0. The molecule has 0 bridgehead atoms. The molecule has 0 aromatic rings. The van der Waals surface area contributed by atoms with Crippen LogP contribution in [0.2, 0.25) is 19.6 Å². The van der Waals surface area contributed by atoms with E-state index < -0.39 is 8.07 Å². The van der Waals surface area contributed by atoms with Crippen LogP contribution in [0.25, 0.3) is 0 Å². The standard InChI is InChI=1S/C11H20O2Si/c1-5-8-11(14(2,3)4)10(13-11)7-6-9-12/h1,10,12H,6-9H2,2-4H3/t10-,11+/m1/s1. The molecule has 3 heteroatoms. The number of hydrogen-bond donors (Lipinski definition) is 1. The van der Waals surface area contributed by atoms with Crippen LogP contribution in [0.15, 0.2) is 0 Å². The third kappa shape index (κ3) is 2.03. The lowest BCUT2D eigenvalue weighted by molar-refractivity contribution is 0.271. The molecule has 2 nitrogen and oxygen atoms in total. The molecule has 1 aliphatic rings. The van der Waals surface area contributed by atoms with Crippen LogP contribution in [0.5, 0.6) is 0 Å². The second kappa shape index (κ2) is 4.06. The minimum atomic E-state index is -1.35. The van der Waals surface area contributed by atoms with E-state index in [0.717, 1.165) is 19.3 Å². The monoisotopic (exact) mass is 212 g/mol. The predicted molar refractivity (Wildman–Crippen MR) is 60.7 cm³/mol. The molecule has 1 aliphatic heterocycles. The Kier molecular flexibility index (Phi) is 3.41. The first kappa shape index (κ1) is 11.8. The van der Waals surface area contributed by atoms with Crippen molar-refractivity contribution in [3.05, 3.63) is 0 Å². The highest BCUT2D eigenvalue weighted by Crippen LogP contribution is 2.48. The first-order valence-corrected chi connectivity index (χ1v) is 8.70. The van der Waals surface area contributed by atoms with Crippen molar-refractivity contribution in [1.82, 2.24) is 0 Å². The van der Waals surface area contributed by atoms with Crippen LogP contribution in [0.1, 0.15) is 19.3 Å². The SMILES string of the molecule is C#CC[C@@]1([Si](C)(C)C)O[C@@H]1CCCO. The van der Waals surface area contributed by atoms with Crippen molar-refractivity contribution in [3.63, 3.8) is 0 Å². The summed E-state index contributed by atoms with van der Waals surface area (Å²) in [5, 5.41) is 8.76. The molecule has 0 spiro atoms. The van der Waals surface area contributed by atoms with Gasteiger partial charge in [0.05, 0.1) is 19.4 Å². The van der Waals surface area contributed by atoms with Gasteiger partial charge >= 0.3 is 0 Å². The van der Waals surface area contributed by atoms with Gasteiger partial charge in [0.2, 0.25) is 0 Å². The summed E-state index contributed by atoms with van der Waals surface area (Å²) in [7, 11) is -1.35. The highest BCUT2D eigenvalue weighted by Gasteiger charge is 2.62. The number of aliphatic hydroxyl groups is 1. The molecule has 0 saturated carbocycles. The fraction of sp³-hybridized carbons (Fsp3) is 0.818. The molecule has 2 atom stereocenters. The van der Waals surface area contributed by atoms with Crippen molar-refractivity contribution in [1.29, 1.82) is 0 Å². The molecule has 80 valence electrons. The summed E-state index contributed by atoms with van der Waals surface area (Å²) in [6, 6.07) is 0. The first-order valence-electron chi connectivity index (χ1n) is 5.20. The van der Waals surface area contributed by atoms with Crippen molar-refractivity contribution in [3.8, 4) is 12.3 Å². The topological polar surface area (TPSA) is 32.8 Å². The van der Waals surface area contributed by atoms with Crippen molar-refractivity contribution in [2.45, 2.75) is 50.2 Å². The molecule has 0 aliphatic carbocycles. The highest BCUT2D eigenvalue weighted by atomic mass is 28.3. The van der Waals surface area contributed by atoms with E-state index in [2.05, 4.69) is 25.6 Å². The van der Waals surface area contributed by atoms with Crippen LogP contribution in [0.3, 0.4) is 0 Å². The van der Waals surface area contributed by atoms with E-state index in [1.165, 1.54) is 0 Å². The van der Waals surface area contributed by atoms with Gasteiger partial charge in [0, 0.05) is 13.0 Å². The lowest BCUT2D eigenvalue weighted by Crippen LogP contribution is -2.43. The zero-order valence-corrected chi connectivity index (χ0v) is 10.3. The summed E-state index contributed by atoms with van der Waals surface area (Å²) in [5.74, 6) is 2.73. The fourth-order valence-electron chi connectivity index (χ4n) is 2.02. The van der Waals surface area contributed by atoms with Crippen molar-refractivity contribution in [2.24, 2.45) is 0 Å². The van der Waals surface area contributed by atoms with Gasteiger partial charge in [-0.15, -0.1) is 12.3 Å². The number of epoxide rings is 1. The molecular formula is C11H20O2Si. The maximum absolute atomic E-state index is 8.76. The van der Waals surface area contributed by atoms with Gasteiger partial charge in [0.15, 0.2) is 0 Å². The lowest BCUT2D eigenvalue weighted by atomic mass is 10.1. The van der Waals surface area contributed by atoms with Crippen LogP contribution in [-0.4, -0.2) is 31.1 Å². The predicted octanol–water partition coefficient (Wildman–Crippen LogP) is 1.80. The molecule has 1 fully saturated rings. The van der Waals surface area contributed by atoms with Gasteiger partial charge in [-0.25, -0.2) is 0 Å². The van der Waals surface area contributed by atoms with E-state index in [1.807, 2.05) is 0 Å². The summed E-state index contributed by atoms with van der Waals surface area (Å²) in [4.78, 5) is 0. The smallest absolute Gasteiger partial charge is 0.0945 e. The Morgan fingerprint density at radius 3 is 2.57 bits per heavy atom. The summed E-state index contributed by atoms with van der Waals surface area (Å²) in [6.07, 6.45) is 8.19. The molecule has 0 unspecified atom stereocenters. The van der Waals surface area contributed by atoms with Gasteiger partial charge < -0.3 is 9.84 Å². The number of ether oxygens (including phenoxy) is 1. The highest BCUT2D eigenvalue weighted by molar-refractivity contribution is 6.79. The van der Waals surface area contributed by atoms with E-state index in [0.29, 0.717) is 6.10 Å². The maximum Gasteiger partial charge on any atom is 0.0945 e. The van der Waals surface area contributed by atoms with Crippen LogP contribution in [0.4, 0.5) is 0 Å². The molecule has 1 N–H and O–H groups in total. The Balaban J connectivity index is 2.58. The number of terminal acetylenes is 1. The molecule has 14 heavy (non-hydrogen) atoms. The average molecular weight is 212 g/mol. The van der Waals surface area contributed by atoms with Crippen LogP contribution in [0, 0.1) is 12.3 Å². The van der Waals surface area contributed by atoms with Gasteiger partial charge in [0.1, 0.15) is 0 Å². The summed E-state index contributed by atoms with van der Waals surface area (Å²) >= 11 is 0. The number of rotatable bonds is 5. The Labute approximate surface area is 87.7 Å².